The largest absolute Gasteiger partial charge is 0.252 e. The third-order valence-electron chi connectivity index (χ3n) is 4.98. The molecular formula is C27H16Cl5N5S4. The standard InChI is InChI=1S/C27H16Cl5N5S4/c28-17-9-1-5-13-21(17)38-36(39-22-14-6-2-10-18(22)29)26-33-25(32)34-27(35-26)37(40-23-15-7-3-11-19(23)30)41-24-16-8-4-12-20(24)31/h1-16H. The summed E-state index contributed by atoms with van der Waals surface area (Å²) in [6.07, 6.45) is 0. The van der Waals surface area contributed by atoms with Crippen molar-refractivity contribution in [2.75, 3.05) is 7.42 Å². The Bertz CT molecular complexity index is 1450. The fourth-order valence-corrected chi connectivity index (χ4v) is 8.04. The fraction of sp³-hybridized carbons (Fsp3) is 0. The molecule has 14 heteroatoms. The van der Waals surface area contributed by atoms with Crippen molar-refractivity contribution in [2.24, 2.45) is 0 Å². The van der Waals surface area contributed by atoms with Crippen molar-refractivity contribution >= 4 is 118 Å². The van der Waals surface area contributed by atoms with Crippen LogP contribution in [0.4, 0.5) is 11.9 Å². The predicted molar refractivity (Wildman–Crippen MR) is 179 cm³/mol. The van der Waals surface area contributed by atoms with Crippen LogP contribution < -0.4 is 7.42 Å². The lowest BCUT2D eigenvalue weighted by Gasteiger charge is -2.24. The molecule has 0 spiro atoms. The second-order valence-electron chi connectivity index (χ2n) is 7.81. The van der Waals surface area contributed by atoms with Crippen molar-refractivity contribution in [2.45, 2.75) is 19.6 Å². The summed E-state index contributed by atoms with van der Waals surface area (Å²) in [4.78, 5) is 16.9. The number of anilines is 2. The Morgan fingerprint density at radius 1 is 0.390 bits per heavy atom. The van der Waals surface area contributed by atoms with Crippen molar-refractivity contribution in [3.8, 4) is 0 Å². The van der Waals surface area contributed by atoms with Gasteiger partial charge in [0, 0.05) is 67.4 Å². The summed E-state index contributed by atoms with van der Waals surface area (Å²) < 4.78 is 3.58. The number of hydrogen-bond donors (Lipinski definition) is 0. The molecule has 0 saturated heterocycles. The number of nitrogens with zero attached hydrogens (tertiary/aromatic N) is 5. The second-order valence-corrected chi connectivity index (χ2v) is 14.2. The Kier molecular flexibility index (Phi) is 11.0. The van der Waals surface area contributed by atoms with E-state index in [1.165, 1.54) is 47.8 Å². The van der Waals surface area contributed by atoms with Gasteiger partial charge in [-0.1, -0.05) is 94.9 Å². The van der Waals surface area contributed by atoms with Crippen LogP contribution >= 0.6 is 106 Å². The van der Waals surface area contributed by atoms with Crippen molar-refractivity contribution in [1.82, 2.24) is 15.0 Å². The summed E-state index contributed by atoms with van der Waals surface area (Å²) in [5, 5.41) is 2.31. The molecule has 0 fully saturated rings. The average Bonchev–Trinajstić information content (AvgIpc) is 2.96. The van der Waals surface area contributed by atoms with E-state index < -0.39 is 0 Å². The highest BCUT2D eigenvalue weighted by Gasteiger charge is 2.24. The summed E-state index contributed by atoms with van der Waals surface area (Å²) in [6.45, 7) is 0. The zero-order valence-corrected chi connectivity index (χ0v) is 27.5. The van der Waals surface area contributed by atoms with Crippen LogP contribution in [0.5, 0.6) is 0 Å². The Morgan fingerprint density at radius 2 is 0.659 bits per heavy atom. The van der Waals surface area contributed by atoms with Gasteiger partial charge in [0.15, 0.2) is 0 Å². The van der Waals surface area contributed by atoms with Gasteiger partial charge >= 0.3 is 0 Å². The molecule has 1 heterocycles. The van der Waals surface area contributed by atoms with E-state index in [2.05, 4.69) is 9.97 Å². The average molecular weight is 716 g/mol. The van der Waals surface area contributed by atoms with Crippen LogP contribution in [0, 0.1) is 0 Å². The van der Waals surface area contributed by atoms with Gasteiger partial charge in [-0.3, -0.25) is 0 Å². The number of halogens is 5. The van der Waals surface area contributed by atoms with E-state index in [9.17, 15) is 0 Å². The van der Waals surface area contributed by atoms with Crippen molar-refractivity contribution < 1.29 is 0 Å². The van der Waals surface area contributed by atoms with E-state index in [0.29, 0.717) is 20.1 Å². The molecule has 41 heavy (non-hydrogen) atoms. The Labute approximate surface area is 279 Å². The fourth-order valence-electron chi connectivity index (χ4n) is 3.13. The van der Waals surface area contributed by atoms with Crippen LogP contribution in [-0.4, -0.2) is 15.0 Å². The van der Waals surface area contributed by atoms with Crippen LogP contribution in [0.2, 0.25) is 25.4 Å². The molecule has 0 radical (unpaired) electrons. The quantitative estimate of drug-likeness (QED) is 0.131. The Morgan fingerprint density at radius 3 is 0.927 bits per heavy atom. The maximum absolute atomic E-state index is 6.52. The van der Waals surface area contributed by atoms with Crippen LogP contribution in [0.25, 0.3) is 0 Å². The topological polar surface area (TPSA) is 45.2 Å². The second kappa shape index (κ2) is 14.7. The number of benzene rings is 4. The minimum Gasteiger partial charge on any atom is -0.215 e. The Hall–Kier alpha value is -1.66. The molecule has 208 valence electrons. The van der Waals surface area contributed by atoms with Crippen LogP contribution in [0.15, 0.2) is 117 Å². The van der Waals surface area contributed by atoms with Gasteiger partial charge in [0.2, 0.25) is 5.28 Å². The highest BCUT2D eigenvalue weighted by Crippen LogP contribution is 2.45. The number of rotatable bonds is 10. The lowest BCUT2D eigenvalue weighted by molar-refractivity contribution is 1.05. The molecule has 0 atom stereocenters. The van der Waals surface area contributed by atoms with E-state index in [-0.39, 0.29) is 17.2 Å². The first kappa shape index (κ1) is 30.8. The molecule has 0 unspecified atom stereocenters. The minimum absolute atomic E-state index is 0.000894. The van der Waals surface area contributed by atoms with Gasteiger partial charge in [0.05, 0.1) is 20.1 Å². The zero-order chi connectivity index (χ0) is 28.8. The molecule has 4 aromatic carbocycles. The molecule has 0 N–H and O–H groups in total. The summed E-state index contributed by atoms with van der Waals surface area (Å²) in [7, 11) is 0. The molecule has 5 rings (SSSR count). The van der Waals surface area contributed by atoms with E-state index in [4.69, 9.17) is 63.0 Å². The molecule has 0 aliphatic rings. The highest BCUT2D eigenvalue weighted by molar-refractivity contribution is 8.18. The molecule has 0 aliphatic carbocycles. The van der Waals surface area contributed by atoms with Gasteiger partial charge < -0.3 is 0 Å². The van der Waals surface area contributed by atoms with Crippen LogP contribution in [0.1, 0.15) is 0 Å². The van der Waals surface area contributed by atoms with Crippen molar-refractivity contribution in [3.05, 3.63) is 122 Å². The Balaban J connectivity index is 1.57. The first-order valence-corrected chi connectivity index (χ1v) is 16.6. The molecule has 0 bridgehead atoms. The van der Waals surface area contributed by atoms with Gasteiger partial charge in [-0.2, -0.15) is 15.0 Å². The van der Waals surface area contributed by atoms with Gasteiger partial charge in [0.1, 0.15) is 0 Å². The highest BCUT2D eigenvalue weighted by atomic mass is 35.5. The van der Waals surface area contributed by atoms with Crippen LogP contribution in [-0.2, 0) is 0 Å². The SMILES string of the molecule is Clc1nc(N(Sc2ccccc2Cl)Sc2ccccc2Cl)nc(N(Sc2ccccc2Cl)Sc2ccccc2Cl)n1. The van der Waals surface area contributed by atoms with E-state index in [1.807, 2.05) is 97.1 Å². The summed E-state index contributed by atoms with van der Waals surface area (Å²) in [5.74, 6) is 0.554. The normalized spacial score (nSPS) is 11.0. The van der Waals surface area contributed by atoms with Crippen molar-refractivity contribution in [1.29, 1.82) is 0 Å². The molecule has 1 aromatic heterocycles. The van der Waals surface area contributed by atoms with Gasteiger partial charge in [-0.15, -0.1) is 0 Å². The maximum atomic E-state index is 6.52. The minimum atomic E-state index is -0.000894. The lowest BCUT2D eigenvalue weighted by Crippen LogP contribution is -2.14. The molecule has 0 amide bonds. The molecule has 5 nitrogen and oxygen atoms in total. The molecule has 0 aliphatic heterocycles. The van der Waals surface area contributed by atoms with E-state index >= 15 is 0 Å². The summed E-state index contributed by atoms with van der Waals surface area (Å²) in [5.41, 5.74) is 0. The van der Waals surface area contributed by atoms with Gasteiger partial charge in [-0.25, -0.2) is 7.42 Å². The van der Waals surface area contributed by atoms with Crippen LogP contribution in [0.3, 0.4) is 0 Å². The monoisotopic (exact) mass is 713 g/mol. The smallest absolute Gasteiger partial charge is 0.215 e. The third kappa shape index (κ3) is 8.25. The van der Waals surface area contributed by atoms with Crippen molar-refractivity contribution in [3.63, 3.8) is 0 Å². The summed E-state index contributed by atoms with van der Waals surface area (Å²) in [6, 6.07) is 30.0. The number of aromatic nitrogens is 3. The molecular weight excluding hydrogens is 700 g/mol. The first-order valence-electron chi connectivity index (χ1n) is 11.6. The predicted octanol–water partition coefficient (Wildman–Crippen LogP) is 11.6. The van der Waals surface area contributed by atoms with Gasteiger partial charge in [-0.05, 0) is 60.1 Å². The van der Waals surface area contributed by atoms with E-state index in [1.54, 1.807) is 7.42 Å². The van der Waals surface area contributed by atoms with Gasteiger partial charge in [0.25, 0.3) is 11.9 Å². The third-order valence-corrected chi connectivity index (χ3v) is 11.3. The lowest BCUT2D eigenvalue weighted by atomic mass is 10.4. The maximum Gasteiger partial charge on any atom is 0.252 e. The molecule has 5 aromatic rings. The molecule has 0 saturated carbocycles. The van der Waals surface area contributed by atoms with E-state index in [0.717, 1.165) is 19.6 Å². The number of hydrogen-bond acceptors (Lipinski definition) is 9. The first-order chi connectivity index (χ1) is 19.9. The summed E-state index contributed by atoms with van der Waals surface area (Å²) >= 11 is 37.9. The zero-order valence-electron chi connectivity index (χ0n) is 20.5.